The van der Waals surface area contributed by atoms with Crippen LogP contribution < -0.4 is 0 Å². The molecule has 0 spiro atoms. The zero-order valence-corrected chi connectivity index (χ0v) is 31.3. The van der Waals surface area contributed by atoms with E-state index < -0.39 is 0 Å². The summed E-state index contributed by atoms with van der Waals surface area (Å²) < 4.78 is 0. The first-order valence-electron chi connectivity index (χ1n) is 21.2. The van der Waals surface area contributed by atoms with Crippen LogP contribution in [0.2, 0.25) is 0 Å². The van der Waals surface area contributed by atoms with Gasteiger partial charge in [0.1, 0.15) is 0 Å². The van der Waals surface area contributed by atoms with Gasteiger partial charge in [-0.25, -0.2) is 0 Å². The fourth-order valence-electron chi connectivity index (χ4n) is 12.4. The molecule has 256 valence electrons. The molecule has 0 aliphatic heterocycles. The Bertz CT molecular complexity index is 828. The fraction of sp³-hybridized carbons (Fsp3) is 1.00. The molecule has 0 aromatic carbocycles. The van der Waals surface area contributed by atoms with Gasteiger partial charge in [0.05, 0.1) is 0 Å². The van der Waals surface area contributed by atoms with E-state index in [0.29, 0.717) is 5.41 Å². The van der Waals surface area contributed by atoms with E-state index in [9.17, 15) is 0 Å². The summed E-state index contributed by atoms with van der Waals surface area (Å²) in [5.74, 6) is 13.0. The quantitative estimate of drug-likeness (QED) is 0.292. The van der Waals surface area contributed by atoms with Gasteiger partial charge in [-0.15, -0.1) is 0 Å². The maximum Gasteiger partial charge on any atom is -0.0271 e. The lowest BCUT2D eigenvalue weighted by Crippen LogP contribution is -2.30. The molecule has 0 nitrogen and oxygen atoms in total. The third-order valence-electron chi connectivity index (χ3n) is 16.3. The van der Waals surface area contributed by atoms with Crippen molar-refractivity contribution in [3.8, 4) is 0 Å². The molecule has 5 aliphatic carbocycles. The van der Waals surface area contributed by atoms with Gasteiger partial charge in [0.15, 0.2) is 0 Å². The van der Waals surface area contributed by atoms with E-state index in [1.165, 1.54) is 83.5 Å². The SMILES string of the molecule is CCC12CCC(CCCC(C)C(C)CCCC(C)C3CC3CC(C)C3CC3C1C)C(C1CCCCCC(C)CCCC1)CC2. The molecule has 0 heteroatoms. The second kappa shape index (κ2) is 16.4. The minimum Gasteiger partial charge on any atom is -0.0648 e. The second-order valence-electron chi connectivity index (χ2n) is 19.0. The summed E-state index contributed by atoms with van der Waals surface area (Å²) in [4.78, 5) is 0. The molecule has 0 aromatic rings. The average molecular weight is 609 g/mol. The van der Waals surface area contributed by atoms with Crippen LogP contribution in [0, 0.1) is 82.3 Å². The monoisotopic (exact) mass is 609 g/mol. The van der Waals surface area contributed by atoms with E-state index in [1.54, 1.807) is 64.2 Å². The van der Waals surface area contributed by atoms with Crippen molar-refractivity contribution in [2.75, 3.05) is 0 Å². The molecule has 0 radical (unpaired) electrons. The molecule has 44 heavy (non-hydrogen) atoms. The van der Waals surface area contributed by atoms with E-state index in [1.807, 2.05) is 0 Å². The Morgan fingerprint density at radius 2 is 0.977 bits per heavy atom. The van der Waals surface area contributed by atoms with Gasteiger partial charge in [-0.3, -0.25) is 0 Å². The standard InChI is InChI=1S/C44H80/c1-8-44-26-24-38(40(25-27-44)37-21-11-9-10-16-31(2)17-12-13-22-37)23-15-19-33(4)32(3)18-14-20-34(5)41-29-39(41)28-35(6)42-30-43(42)36(44)7/h31-43H,8-30H2,1-7H3. The summed E-state index contributed by atoms with van der Waals surface area (Å²) in [6, 6.07) is 0. The molecule has 0 saturated heterocycles. The van der Waals surface area contributed by atoms with Gasteiger partial charge in [-0.05, 0) is 127 Å². The molecule has 0 N–H and O–H groups in total. The van der Waals surface area contributed by atoms with Gasteiger partial charge in [-0.1, -0.05) is 151 Å². The average Bonchev–Trinajstić information content (AvgIpc) is 3.92. The topological polar surface area (TPSA) is 0 Å². The zero-order chi connectivity index (χ0) is 31.3. The summed E-state index contributed by atoms with van der Waals surface area (Å²) >= 11 is 0. The van der Waals surface area contributed by atoms with E-state index in [0.717, 1.165) is 76.9 Å². The smallest absolute Gasteiger partial charge is 0.0271 e. The lowest BCUT2D eigenvalue weighted by Gasteiger charge is -2.39. The molecule has 5 rings (SSSR count). The largest absolute Gasteiger partial charge is 0.0648 e. The minimum absolute atomic E-state index is 0.633. The van der Waals surface area contributed by atoms with Crippen LogP contribution in [0.15, 0.2) is 0 Å². The van der Waals surface area contributed by atoms with Crippen LogP contribution in [-0.4, -0.2) is 0 Å². The molecule has 0 amide bonds. The van der Waals surface area contributed by atoms with Crippen LogP contribution >= 0.6 is 0 Å². The van der Waals surface area contributed by atoms with Crippen LogP contribution in [0.1, 0.15) is 196 Å². The van der Waals surface area contributed by atoms with Crippen molar-refractivity contribution in [3.63, 3.8) is 0 Å². The molecule has 5 saturated carbocycles. The summed E-state index contributed by atoms with van der Waals surface area (Å²) in [6.07, 6.45) is 35.0. The van der Waals surface area contributed by atoms with Crippen LogP contribution in [-0.2, 0) is 0 Å². The van der Waals surface area contributed by atoms with Crippen LogP contribution in [0.5, 0.6) is 0 Å². The molecule has 0 aromatic heterocycles. The van der Waals surface area contributed by atoms with Crippen LogP contribution in [0.3, 0.4) is 0 Å². The highest BCUT2D eigenvalue weighted by molar-refractivity contribution is 5.02. The molecule has 5 aliphatic rings. The normalized spacial score (nSPS) is 49.0. The lowest BCUT2D eigenvalue weighted by molar-refractivity contribution is 0.106. The third-order valence-corrected chi connectivity index (χ3v) is 16.3. The van der Waals surface area contributed by atoms with Crippen LogP contribution in [0.4, 0.5) is 0 Å². The number of rotatable bonds is 2. The Hall–Kier alpha value is 0. The van der Waals surface area contributed by atoms with Gasteiger partial charge in [-0.2, -0.15) is 0 Å². The van der Waals surface area contributed by atoms with E-state index in [2.05, 4.69) is 48.5 Å². The highest BCUT2D eigenvalue weighted by Gasteiger charge is 2.53. The Kier molecular flexibility index (Phi) is 13.2. The van der Waals surface area contributed by atoms with Crippen molar-refractivity contribution < 1.29 is 0 Å². The Morgan fingerprint density at radius 1 is 0.409 bits per heavy atom. The predicted octanol–water partition coefficient (Wildman–Crippen LogP) is 14.2. The Balaban J connectivity index is 1.32. The van der Waals surface area contributed by atoms with Crippen molar-refractivity contribution in [2.45, 2.75) is 196 Å². The molecular weight excluding hydrogens is 528 g/mol. The van der Waals surface area contributed by atoms with Gasteiger partial charge in [0.25, 0.3) is 0 Å². The van der Waals surface area contributed by atoms with Gasteiger partial charge in [0.2, 0.25) is 0 Å². The van der Waals surface area contributed by atoms with Gasteiger partial charge in [0, 0.05) is 0 Å². The van der Waals surface area contributed by atoms with Crippen molar-refractivity contribution in [1.29, 1.82) is 0 Å². The zero-order valence-electron chi connectivity index (χ0n) is 31.3. The molecule has 5 fully saturated rings. The number of hydrogen-bond donors (Lipinski definition) is 0. The Labute approximate surface area is 277 Å². The summed E-state index contributed by atoms with van der Waals surface area (Å²) in [6.45, 7) is 18.4. The molecule has 0 heterocycles. The van der Waals surface area contributed by atoms with E-state index >= 15 is 0 Å². The maximum atomic E-state index is 2.77. The Morgan fingerprint density at radius 3 is 1.70 bits per heavy atom. The highest BCUT2D eigenvalue weighted by atomic mass is 14.6. The van der Waals surface area contributed by atoms with E-state index in [4.69, 9.17) is 0 Å². The first kappa shape index (κ1) is 35.3. The molecule has 14 unspecified atom stereocenters. The van der Waals surface area contributed by atoms with Gasteiger partial charge >= 0.3 is 0 Å². The lowest BCUT2D eigenvalue weighted by atomic mass is 9.66. The minimum atomic E-state index is 0.633. The van der Waals surface area contributed by atoms with E-state index in [-0.39, 0.29) is 0 Å². The van der Waals surface area contributed by atoms with Gasteiger partial charge < -0.3 is 0 Å². The van der Waals surface area contributed by atoms with Crippen molar-refractivity contribution in [1.82, 2.24) is 0 Å². The molecular formula is C44H80. The number of fused-ring (bicyclic) bond motifs is 5. The van der Waals surface area contributed by atoms with Crippen LogP contribution in [0.25, 0.3) is 0 Å². The van der Waals surface area contributed by atoms with Crippen molar-refractivity contribution in [3.05, 3.63) is 0 Å². The first-order chi connectivity index (χ1) is 21.2. The van der Waals surface area contributed by atoms with Crippen molar-refractivity contribution in [2.24, 2.45) is 82.3 Å². The first-order valence-corrected chi connectivity index (χ1v) is 21.2. The molecule has 14 atom stereocenters. The summed E-state index contributed by atoms with van der Waals surface area (Å²) in [7, 11) is 0. The fourth-order valence-corrected chi connectivity index (χ4v) is 12.4. The highest BCUT2D eigenvalue weighted by Crippen LogP contribution is 2.61. The summed E-state index contributed by atoms with van der Waals surface area (Å²) in [5.41, 5.74) is 0.633. The third kappa shape index (κ3) is 9.12. The summed E-state index contributed by atoms with van der Waals surface area (Å²) in [5, 5.41) is 0. The second-order valence-corrected chi connectivity index (χ2v) is 19.0. The molecule has 2 bridgehead atoms. The predicted molar refractivity (Wildman–Crippen MR) is 194 cm³/mol. The van der Waals surface area contributed by atoms with Crippen molar-refractivity contribution >= 4 is 0 Å². The maximum absolute atomic E-state index is 2.77. The number of hydrogen-bond acceptors (Lipinski definition) is 0.